The molecular formula is C22H19N3O6. The van der Waals surface area contributed by atoms with Crippen molar-refractivity contribution in [1.29, 1.82) is 0 Å². The number of aryl methyl sites for hydroxylation is 1. The lowest BCUT2D eigenvalue weighted by atomic mass is 9.92. The number of nitrogens with zero attached hydrogens (tertiary/aromatic N) is 1. The first kappa shape index (κ1) is 19.1. The number of carbonyl (C=O) groups is 4. The van der Waals surface area contributed by atoms with Crippen molar-refractivity contribution < 1.29 is 28.7 Å². The third-order valence-electron chi connectivity index (χ3n) is 5.89. The summed E-state index contributed by atoms with van der Waals surface area (Å²) in [5, 5.41) is 5.40. The number of amides is 4. The van der Waals surface area contributed by atoms with Gasteiger partial charge in [0.15, 0.2) is 17.3 Å². The molecule has 1 saturated heterocycles. The number of Topliss-reactive ketones (excluding diaryl/α,β-unsaturated/α-hetero) is 1. The molecule has 5 rings (SSSR count). The minimum Gasteiger partial charge on any atom is -0.454 e. The molecule has 31 heavy (non-hydrogen) atoms. The number of anilines is 1. The molecule has 2 aromatic carbocycles. The van der Waals surface area contributed by atoms with Gasteiger partial charge in [-0.2, -0.15) is 0 Å². The van der Waals surface area contributed by atoms with E-state index in [9.17, 15) is 19.2 Å². The van der Waals surface area contributed by atoms with Gasteiger partial charge in [-0.05, 0) is 37.0 Å². The number of ketones is 1. The van der Waals surface area contributed by atoms with Crippen LogP contribution in [0.1, 0.15) is 34.8 Å². The van der Waals surface area contributed by atoms with Crippen molar-refractivity contribution in [2.45, 2.75) is 25.3 Å². The number of rotatable bonds is 4. The molecule has 2 N–H and O–H groups in total. The Bertz CT molecular complexity index is 1160. The van der Waals surface area contributed by atoms with Crippen LogP contribution in [0.15, 0.2) is 36.4 Å². The van der Waals surface area contributed by atoms with Crippen LogP contribution in [0.3, 0.4) is 0 Å². The maximum atomic E-state index is 13.2. The van der Waals surface area contributed by atoms with E-state index in [4.69, 9.17) is 9.47 Å². The van der Waals surface area contributed by atoms with Gasteiger partial charge in [0.25, 0.3) is 5.91 Å². The Morgan fingerprint density at radius 3 is 2.68 bits per heavy atom. The lowest BCUT2D eigenvalue weighted by Crippen LogP contribution is -2.43. The molecule has 9 nitrogen and oxygen atoms in total. The van der Waals surface area contributed by atoms with Crippen LogP contribution >= 0.6 is 0 Å². The van der Waals surface area contributed by atoms with Crippen molar-refractivity contribution >= 4 is 29.3 Å². The van der Waals surface area contributed by atoms with Crippen molar-refractivity contribution in [3.05, 3.63) is 53.1 Å². The zero-order valence-corrected chi connectivity index (χ0v) is 16.7. The molecule has 4 amide bonds. The van der Waals surface area contributed by atoms with E-state index in [1.165, 1.54) is 19.1 Å². The molecule has 9 heteroatoms. The fourth-order valence-electron chi connectivity index (χ4n) is 4.40. The van der Waals surface area contributed by atoms with Crippen LogP contribution in [0.25, 0.3) is 0 Å². The molecule has 1 fully saturated rings. The lowest BCUT2D eigenvalue weighted by molar-refractivity contribution is -0.134. The van der Waals surface area contributed by atoms with Gasteiger partial charge >= 0.3 is 6.03 Å². The highest BCUT2D eigenvalue weighted by Crippen LogP contribution is 2.41. The fraction of sp³-hybridized carbons (Fsp3) is 0.273. The number of nitrogens with one attached hydrogen (secondary N) is 2. The molecule has 0 saturated carbocycles. The molecule has 2 aromatic rings. The number of imide groups is 1. The van der Waals surface area contributed by atoms with E-state index in [0.717, 1.165) is 16.0 Å². The molecule has 1 aliphatic carbocycles. The second-order valence-electron chi connectivity index (χ2n) is 7.74. The highest BCUT2D eigenvalue weighted by atomic mass is 16.7. The van der Waals surface area contributed by atoms with Gasteiger partial charge in [-0.25, -0.2) is 4.79 Å². The molecular weight excluding hydrogens is 402 g/mol. The average Bonchev–Trinajstić information content (AvgIpc) is 3.41. The number of hydrogen-bond donors (Lipinski definition) is 2. The number of carbonyl (C=O) groups excluding carboxylic acids is 4. The van der Waals surface area contributed by atoms with Gasteiger partial charge in [0, 0.05) is 11.6 Å². The summed E-state index contributed by atoms with van der Waals surface area (Å²) in [6.07, 6.45) is 1.12. The first-order chi connectivity index (χ1) is 14.9. The fourth-order valence-corrected chi connectivity index (χ4v) is 4.40. The summed E-state index contributed by atoms with van der Waals surface area (Å²) in [6.45, 7) is 0.919. The number of hydrogen-bond acceptors (Lipinski definition) is 6. The quantitative estimate of drug-likeness (QED) is 0.576. The van der Waals surface area contributed by atoms with Crippen LogP contribution in [0.5, 0.6) is 11.5 Å². The van der Waals surface area contributed by atoms with Gasteiger partial charge in [-0.15, -0.1) is 0 Å². The van der Waals surface area contributed by atoms with Gasteiger partial charge in [0.1, 0.15) is 12.1 Å². The Labute approximate surface area is 177 Å². The Morgan fingerprint density at radius 2 is 1.90 bits per heavy atom. The maximum Gasteiger partial charge on any atom is 0.325 e. The summed E-state index contributed by atoms with van der Waals surface area (Å²) in [5.41, 5.74) is 1.13. The van der Waals surface area contributed by atoms with E-state index >= 15 is 0 Å². The first-order valence-electron chi connectivity index (χ1n) is 9.86. The van der Waals surface area contributed by atoms with E-state index in [2.05, 4.69) is 10.6 Å². The second-order valence-corrected chi connectivity index (χ2v) is 7.74. The predicted molar refractivity (Wildman–Crippen MR) is 108 cm³/mol. The van der Waals surface area contributed by atoms with Crippen LogP contribution in [0.2, 0.25) is 0 Å². The van der Waals surface area contributed by atoms with Crippen molar-refractivity contribution in [2.75, 3.05) is 18.7 Å². The van der Waals surface area contributed by atoms with E-state index in [-0.39, 0.29) is 23.8 Å². The SMILES string of the molecule is CC(=O)c1cc2c(cc1NC(=O)CN1C(=O)NC3(CCc4ccccc43)C1=O)OCO2. The van der Waals surface area contributed by atoms with Crippen molar-refractivity contribution in [2.24, 2.45) is 0 Å². The number of benzene rings is 2. The molecule has 2 heterocycles. The summed E-state index contributed by atoms with van der Waals surface area (Å²) < 4.78 is 10.6. The van der Waals surface area contributed by atoms with Gasteiger partial charge in [0.2, 0.25) is 12.7 Å². The molecule has 0 radical (unpaired) electrons. The average molecular weight is 421 g/mol. The molecule has 1 spiro atoms. The molecule has 0 aromatic heterocycles. The summed E-state index contributed by atoms with van der Waals surface area (Å²) >= 11 is 0. The van der Waals surface area contributed by atoms with Gasteiger partial charge in [-0.1, -0.05) is 24.3 Å². The maximum absolute atomic E-state index is 13.2. The van der Waals surface area contributed by atoms with Crippen LogP contribution in [-0.2, 0) is 21.5 Å². The topological polar surface area (TPSA) is 114 Å². The monoisotopic (exact) mass is 421 g/mol. The minimum atomic E-state index is -1.13. The normalized spacial score (nSPS) is 20.7. The van der Waals surface area contributed by atoms with Crippen molar-refractivity contribution in [1.82, 2.24) is 10.2 Å². The molecule has 1 unspecified atom stereocenters. The highest BCUT2D eigenvalue weighted by molar-refractivity contribution is 6.11. The number of fused-ring (bicyclic) bond motifs is 3. The Hall–Kier alpha value is -3.88. The van der Waals surface area contributed by atoms with Crippen LogP contribution < -0.4 is 20.1 Å². The van der Waals surface area contributed by atoms with Crippen LogP contribution in [0.4, 0.5) is 10.5 Å². The standard InChI is InChI=1S/C22H19N3O6/c1-12(26)14-8-17-18(31-11-30-17)9-16(14)23-19(27)10-25-20(28)22(24-21(25)29)7-6-13-4-2-3-5-15(13)22/h2-5,8-9H,6-7,10-11H2,1H3,(H,23,27)(H,24,29). The summed E-state index contributed by atoms with van der Waals surface area (Å²) in [6, 6.07) is 9.86. The summed E-state index contributed by atoms with van der Waals surface area (Å²) in [7, 11) is 0. The Morgan fingerprint density at radius 1 is 1.16 bits per heavy atom. The van der Waals surface area contributed by atoms with Crippen molar-refractivity contribution in [3.8, 4) is 11.5 Å². The van der Waals surface area contributed by atoms with E-state index in [1.807, 2.05) is 24.3 Å². The van der Waals surface area contributed by atoms with Gasteiger partial charge in [0.05, 0.1) is 5.69 Å². The van der Waals surface area contributed by atoms with E-state index < -0.39 is 29.9 Å². The zero-order chi connectivity index (χ0) is 21.8. The molecule has 3 aliphatic rings. The molecule has 2 aliphatic heterocycles. The smallest absolute Gasteiger partial charge is 0.325 e. The predicted octanol–water partition coefficient (Wildman–Crippen LogP) is 1.95. The van der Waals surface area contributed by atoms with Gasteiger partial charge in [-0.3, -0.25) is 19.3 Å². The number of ether oxygens (including phenoxy) is 2. The largest absolute Gasteiger partial charge is 0.454 e. The minimum absolute atomic E-state index is 0.0239. The van der Waals surface area contributed by atoms with Crippen LogP contribution in [0, 0.1) is 0 Å². The third kappa shape index (κ3) is 2.92. The highest BCUT2D eigenvalue weighted by Gasteiger charge is 2.55. The first-order valence-corrected chi connectivity index (χ1v) is 9.86. The second kappa shape index (κ2) is 6.83. The summed E-state index contributed by atoms with van der Waals surface area (Å²) in [4.78, 5) is 51.4. The van der Waals surface area contributed by atoms with Crippen LogP contribution in [-0.4, -0.2) is 41.9 Å². The molecule has 0 bridgehead atoms. The van der Waals surface area contributed by atoms with E-state index in [0.29, 0.717) is 24.3 Å². The lowest BCUT2D eigenvalue weighted by Gasteiger charge is -2.22. The molecule has 1 atom stereocenters. The third-order valence-corrected chi connectivity index (χ3v) is 5.89. The zero-order valence-electron chi connectivity index (χ0n) is 16.7. The molecule has 158 valence electrons. The summed E-state index contributed by atoms with van der Waals surface area (Å²) in [5.74, 6) is -0.510. The van der Waals surface area contributed by atoms with Crippen molar-refractivity contribution in [3.63, 3.8) is 0 Å². The number of urea groups is 1. The Kier molecular flexibility index (Phi) is 4.21. The van der Waals surface area contributed by atoms with E-state index in [1.54, 1.807) is 0 Å². The Balaban J connectivity index is 1.37. The van der Waals surface area contributed by atoms with Gasteiger partial charge < -0.3 is 20.1 Å².